The number of carbonyl (C=O) groups excluding carboxylic acids is 4. The standard InChI is InChI=1S/C30H27F2N3O7/c1-16(2)41-27-18(4-3-17-14-35(29(38)26(17)27)24-11-12-25(36)34-28(24)37)15-40-30(39)33-19-5-7-20(8-6-19)42-21-9-10-22(31)23(32)13-21/h3-10,13,16,24H,11-12,14-15H2,1-2H3,(H,33,39)(H,34,36,37)/t24-/m0/s1. The van der Waals surface area contributed by atoms with Gasteiger partial charge in [0.2, 0.25) is 11.8 Å². The monoisotopic (exact) mass is 579 g/mol. The lowest BCUT2D eigenvalue weighted by atomic mass is 10.0. The highest BCUT2D eigenvalue weighted by Gasteiger charge is 2.41. The van der Waals surface area contributed by atoms with Crippen molar-refractivity contribution in [3.8, 4) is 17.2 Å². The Morgan fingerprint density at radius 1 is 1.02 bits per heavy atom. The van der Waals surface area contributed by atoms with E-state index in [1.807, 2.05) is 0 Å². The summed E-state index contributed by atoms with van der Waals surface area (Å²) in [5, 5.41) is 4.87. The number of anilines is 1. The van der Waals surface area contributed by atoms with Gasteiger partial charge in [-0.25, -0.2) is 13.6 Å². The molecule has 0 unspecified atom stereocenters. The lowest BCUT2D eigenvalue weighted by Crippen LogP contribution is -2.52. The zero-order valence-corrected chi connectivity index (χ0v) is 22.7. The van der Waals surface area contributed by atoms with Crippen LogP contribution in [0.4, 0.5) is 19.3 Å². The lowest BCUT2D eigenvalue weighted by molar-refractivity contribution is -0.136. The first kappa shape index (κ1) is 28.5. The summed E-state index contributed by atoms with van der Waals surface area (Å²) in [6.07, 6.45) is -0.687. The van der Waals surface area contributed by atoms with Crippen LogP contribution in [0.2, 0.25) is 0 Å². The van der Waals surface area contributed by atoms with Crippen molar-refractivity contribution >= 4 is 29.5 Å². The van der Waals surface area contributed by atoms with E-state index in [2.05, 4.69) is 10.6 Å². The van der Waals surface area contributed by atoms with E-state index in [4.69, 9.17) is 14.2 Å². The molecule has 0 spiro atoms. The summed E-state index contributed by atoms with van der Waals surface area (Å²) in [6, 6.07) is 12.0. The molecule has 3 aromatic rings. The van der Waals surface area contributed by atoms with Gasteiger partial charge in [-0.15, -0.1) is 0 Å². The van der Waals surface area contributed by atoms with E-state index in [-0.39, 0.29) is 49.5 Å². The Morgan fingerprint density at radius 2 is 1.76 bits per heavy atom. The quantitative estimate of drug-likeness (QED) is 0.358. The smallest absolute Gasteiger partial charge is 0.411 e. The van der Waals surface area contributed by atoms with E-state index in [9.17, 15) is 28.0 Å². The third kappa shape index (κ3) is 6.17. The second-order valence-electron chi connectivity index (χ2n) is 10.1. The molecular formula is C30H27F2N3O7. The van der Waals surface area contributed by atoms with E-state index < -0.39 is 35.6 Å². The molecule has 2 aliphatic rings. The molecule has 0 aliphatic carbocycles. The summed E-state index contributed by atoms with van der Waals surface area (Å²) in [7, 11) is 0. The number of piperidine rings is 1. The highest BCUT2D eigenvalue weighted by molar-refractivity contribution is 6.06. The maximum Gasteiger partial charge on any atom is 0.411 e. The SMILES string of the molecule is CC(C)Oc1c(COC(=O)Nc2ccc(Oc3ccc(F)c(F)c3)cc2)ccc2c1C(=O)N([C@H]1CCC(=O)NC1=O)C2. The normalized spacial score (nSPS) is 16.3. The predicted octanol–water partition coefficient (Wildman–Crippen LogP) is 5.05. The fraction of sp³-hybridized carbons (Fsp3) is 0.267. The summed E-state index contributed by atoms with van der Waals surface area (Å²) < 4.78 is 43.4. The van der Waals surface area contributed by atoms with E-state index in [1.165, 1.54) is 23.1 Å². The maximum absolute atomic E-state index is 13.4. The number of halogens is 2. The first-order valence-corrected chi connectivity index (χ1v) is 13.2. The van der Waals surface area contributed by atoms with Crippen molar-refractivity contribution in [3.63, 3.8) is 0 Å². The van der Waals surface area contributed by atoms with Crippen LogP contribution >= 0.6 is 0 Å². The van der Waals surface area contributed by atoms with E-state index in [1.54, 1.807) is 38.1 Å². The van der Waals surface area contributed by atoms with Gasteiger partial charge in [-0.05, 0) is 62.2 Å². The van der Waals surface area contributed by atoms with E-state index in [0.717, 1.165) is 12.1 Å². The number of ether oxygens (including phenoxy) is 3. The van der Waals surface area contributed by atoms with Gasteiger partial charge in [-0.2, -0.15) is 0 Å². The molecule has 218 valence electrons. The lowest BCUT2D eigenvalue weighted by Gasteiger charge is -2.29. The Balaban J connectivity index is 1.24. The van der Waals surface area contributed by atoms with Crippen LogP contribution in [0.15, 0.2) is 54.6 Å². The minimum absolute atomic E-state index is 0.112. The first-order valence-electron chi connectivity index (χ1n) is 13.2. The molecule has 1 saturated heterocycles. The van der Waals surface area contributed by atoms with Crippen molar-refractivity contribution in [2.75, 3.05) is 5.32 Å². The van der Waals surface area contributed by atoms with Crippen LogP contribution in [0.1, 0.15) is 48.2 Å². The third-order valence-corrected chi connectivity index (χ3v) is 6.67. The first-order chi connectivity index (χ1) is 20.1. The van der Waals surface area contributed by atoms with Crippen LogP contribution in [0.25, 0.3) is 0 Å². The van der Waals surface area contributed by atoms with Crippen LogP contribution < -0.4 is 20.1 Å². The molecule has 4 amide bonds. The van der Waals surface area contributed by atoms with Gasteiger partial charge in [0.25, 0.3) is 5.91 Å². The summed E-state index contributed by atoms with van der Waals surface area (Å²) in [6.45, 7) is 3.58. The Morgan fingerprint density at radius 3 is 2.45 bits per heavy atom. The molecule has 2 heterocycles. The highest BCUT2D eigenvalue weighted by Crippen LogP contribution is 2.37. The van der Waals surface area contributed by atoms with Gasteiger partial charge in [-0.1, -0.05) is 12.1 Å². The minimum atomic E-state index is -1.03. The number of rotatable bonds is 8. The van der Waals surface area contributed by atoms with Gasteiger partial charge in [0.1, 0.15) is 29.9 Å². The Kier molecular flexibility index (Phi) is 8.05. The van der Waals surface area contributed by atoms with E-state index >= 15 is 0 Å². The van der Waals surface area contributed by atoms with Crippen LogP contribution in [-0.2, 0) is 27.5 Å². The molecule has 10 nitrogen and oxygen atoms in total. The number of amides is 4. The number of imide groups is 1. The molecule has 5 rings (SSSR count). The maximum atomic E-state index is 13.4. The molecule has 0 radical (unpaired) electrons. The average molecular weight is 580 g/mol. The number of fused-ring (bicyclic) bond motifs is 1. The van der Waals surface area contributed by atoms with Crippen LogP contribution in [-0.4, -0.2) is 40.9 Å². The number of nitrogens with zero attached hydrogens (tertiary/aromatic N) is 1. The summed E-state index contributed by atoms with van der Waals surface area (Å²) in [5.41, 5.74) is 1.82. The van der Waals surface area contributed by atoms with Crippen molar-refractivity contribution < 1.29 is 42.2 Å². The van der Waals surface area contributed by atoms with Gasteiger partial charge in [0.05, 0.1) is 11.7 Å². The Labute approximate surface area is 239 Å². The van der Waals surface area contributed by atoms with Gasteiger partial charge in [0.15, 0.2) is 11.6 Å². The third-order valence-electron chi connectivity index (χ3n) is 6.67. The predicted molar refractivity (Wildman–Crippen MR) is 145 cm³/mol. The molecule has 0 aromatic heterocycles. The number of carbonyl (C=O) groups is 4. The Hall–Kier alpha value is -5.00. The molecular weight excluding hydrogens is 552 g/mol. The van der Waals surface area contributed by atoms with Gasteiger partial charge < -0.3 is 19.1 Å². The second kappa shape index (κ2) is 11.9. The van der Waals surface area contributed by atoms with Crippen molar-refractivity contribution in [2.24, 2.45) is 0 Å². The summed E-state index contributed by atoms with van der Waals surface area (Å²) in [5.74, 6) is -2.57. The van der Waals surface area contributed by atoms with E-state index in [0.29, 0.717) is 28.1 Å². The van der Waals surface area contributed by atoms with Crippen LogP contribution in [0.3, 0.4) is 0 Å². The highest BCUT2D eigenvalue weighted by atomic mass is 19.2. The number of benzene rings is 3. The molecule has 0 saturated carbocycles. The zero-order chi connectivity index (χ0) is 30.0. The van der Waals surface area contributed by atoms with Crippen LogP contribution in [0, 0.1) is 11.6 Å². The summed E-state index contributed by atoms with van der Waals surface area (Å²) in [4.78, 5) is 51.4. The number of nitrogens with one attached hydrogen (secondary N) is 2. The average Bonchev–Trinajstić information content (AvgIpc) is 3.27. The van der Waals surface area contributed by atoms with Gasteiger partial charge in [0, 0.05) is 30.3 Å². The Bertz CT molecular complexity index is 1560. The largest absolute Gasteiger partial charge is 0.490 e. The van der Waals surface area contributed by atoms with Crippen molar-refractivity contribution in [1.29, 1.82) is 0 Å². The minimum Gasteiger partial charge on any atom is -0.490 e. The zero-order valence-electron chi connectivity index (χ0n) is 22.7. The molecule has 0 bridgehead atoms. The van der Waals surface area contributed by atoms with Crippen molar-refractivity contribution in [3.05, 3.63) is 82.9 Å². The van der Waals surface area contributed by atoms with Crippen LogP contribution in [0.5, 0.6) is 17.2 Å². The van der Waals surface area contributed by atoms with Gasteiger partial charge in [-0.3, -0.25) is 25.0 Å². The molecule has 2 aliphatic heterocycles. The summed E-state index contributed by atoms with van der Waals surface area (Å²) >= 11 is 0. The molecule has 12 heteroatoms. The second-order valence-corrected chi connectivity index (χ2v) is 10.1. The molecule has 42 heavy (non-hydrogen) atoms. The fourth-order valence-electron chi connectivity index (χ4n) is 4.73. The topological polar surface area (TPSA) is 123 Å². The molecule has 1 atom stereocenters. The number of hydrogen-bond acceptors (Lipinski definition) is 7. The fourth-order valence-corrected chi connectivity index (χ4v) is 4.73. The van der Waals surface area contributed by atoms with Crippen molar-refractivity contribution in [1.82, 2.24) is 10.2 Å². The number of hydrogen-bond donors (Lipinski definition) is 2. The molecule has 2 N–H and O–H groups in total. The molecule has 3 aromatic carbocycles. The van der Waals surface area contributed by atoms with Crippen molar-refractivity contribution in [2.45, 2.75) is 52.0 Å². The molecule has 1 fully saturated rings. The van der Waals surface area contributed by atoms with Gasteiger partial charge >= 0.3 is 6.09 Å².